The lowest BCUT2D eigenvalue weighted by Crippen LogP contribution is -2.28. The summed E-state index contributed by atoms with van der Waals surface area (Å²) in [6.07, 6.45) is 2.35. The lowest BCUT2D eigenvalue weighted by atomic mass is 9.83. The molecule has 0 amide bonds. The Kier molecular flexibility index (Phi) is 2.85. The van der Waals surface area contributed by atoms with E-state index in [2.05, 4.69) is 5.10 Å². The number of hydrogen-bond acceptors (Lipinski definition) is 4. The Labute approximate surface area is 70.4 Å². The van der Waals surface area contributed by atoms with Gasteiger partial charge in [-0.3, -0.25) is 4.68 Å². The van der Waals surface area contributed by atoms with E-state index in [0.717, 1.165) is 0 Å². The zero-order valence-electron chi connectivity index (χ0n) is 6.75. The van der Waals surface area contributed by atoms with E-state index in [-0.39, 0.29) is 0 Å². The van der Waals surface area contributed by atoms with Crippen LogP contribution >= 0.6 is 0 Å². The Morgan fingerprint density at radius 1 is 1.67 bits per heavy atom. The van der Waals surface area contributed by atoms with Gasteiger partial charge in [0.1, 0.15) is 0 Å². The average Bonchev–Trinajstić information content (AvgIpc) is 2.34. The molecule has 66 valence electrons. The Morgan fingerprint density at radius 3 is 2.75 bits per heavy atom. The van der Waals surface area contributed by atoms with Crippen LogP contribution in [0.2, 0.25) is 0 Å². The molecule has 1 aromatic heterocycles. The van der Waals surface area contributed by atoms with Crippen LogP contribution in [0.1, 0.15) is 6.92 Å². The first-order chi connectivity index (χ1) is 5.59. The monoisotopic (exact) mass is 170 g/mol. The highest BCUT2D eigenvalue weighted by atomic mass is 16.4. The third-order valence-corrected chi connectivity index (χ3v) is 1.40. The number of hydrogen-bond donors (Lipinski definition) is 3. The smallest absolute Gasteiger partial charge is 0.423 e. The van der Waals surface area contributed by atoms with Crippen molar-refractivity contribution in [1.29, 1.82) is 0 Å². The van der Waals surface area contributed by atoms with Gasteiger partial charge in [-0.25, -0.2) is 0 Å². The molecular weight excluding hydrogens is 159 g/mol. The van der Waals surface area contributed by atoms with Gasteiger partial charge in [0.25, 0.3) is 0 Å². The van der Waals surface area contributed by atoms with Crippen molar-refractivity contribution in [3.63, 3.8) is 0 Å². The van der Waals surface area contributed by atoms with Crippen molar-refractivity contribution in [3.8, 4) is 0 Å². The number of aromatic nitrogens is 2. The molecular formula is C6H11BN2O3. The van der Waals surface area contributed by atoms with Crippen LogP contribution in [0.4, 0.5) is 0 Å². The number of aliphatic hydroxyl groups excluding tert-OH is 1. The molecule has 1 atom stereocenters. The minimum Gasteiger partial charge on any atom is -0.423 e. The molecule has 1 unspecified atom stereocenters. The summed E-state index contributed by atoms with van der Waals surface area (Å²) in [5, 5.41) is 30.2. The van der Waals surface area contributed by atoms with E-state index in [1.807, 2.05) is 0 Å². The normalized spacial score (nSPS) is 13.0. The van der Waals surface area contributed by atoms with Crippen LogP contribution in [-0.2, 0) is 6.54 Å². The van der Waals surface area contributed by atoms with E-state index in [4.69, 9.17) is 15.2 Å². The molecule has 0 aliphatic rings. The molecule has 0 bridgehead atoms. The predicted molar refractivity (Wildman–Crippen MR) is 43.7 cm³/mol. The number of rotatable bonds is 3. The molecule has 0 aromatic carbocycles. The lowest BCUT2D eigenvalue weighted by molar-refractivity contribution is 0.168. The van der Waals surface area contributed by atoms with Crippen LogP contribution in [0.15, 0.2) is 12.4 Å². The van der Waals surface area contributed by atoms with Gasteiger partial charge in [0.15, 0.2) is 0 Å². The molecule has 12 heavy (non-hydrogen) atoms. The van der Waals surface area contributed by atoms with Gasteiger partial charge in [0.2, 0.25) is 0 Å². The fourth-order valence-corrected chi connectivity index (χ4v) is 0.883. The Bertz CT molecular complexity index is 249. The van der Waals surface area contributed by atoms with Crippen LogP contribution in [0, 0.1) is 0 Å². The van der Waals surface area contributed by atoms with Crippen molar-refractivity contribution in [2.45, 2.75) is 19.6 Å². The summed E-state index contributed by atoms with van der Waals surface area (Å²) in [5.41, 5.74) is 0.329. The van der Waals surface area contributed by atoms with Gasteiger partial charge in [0.05, 0.1) is 12.6 Å². The Balaban J connectivity index is 2.64. The summed E-state index contributed by atoms with van der Waals surface area (Å²) in [5.74, 6) is 0. The van der Waals surface area contributed by atoms with Crippen molar-refractivity contribution < 1.29 is 15.2 Å². The maximum Gasteiger partial charge on any atom is 0.491 e. The van der Waals surface area contributed by atoms with E-state index >= 15 is 0 Å². The maximum absolute atomic E-state index is 8.97. The lowest BCUT2D eigenvalue weighted by Gasteiger charge is -2.02. The highest BCUT2D eigenvalue weighted by molar-refractivity contribution is 6.58. The van der Waals surface area contributed by atoms with Gasteiger partial charge in [0, 0.05) is 17.9 Å². The topological polar surface area (TPSA) is 78.5 Å². The summed E-state index contributed by atoms with van der Waals surface area (Å²) in [6, 6.07) is 0. The van der Waals surface area contributed by atoms with Crippen molar-refractivity contribution in [1.82, 2.24) is 9.78 Å². The van der Waals surface area contributed by atoms with Gasteiger partial charge in [-0.15, -0.1) is 0 Å². The quantitative estimate of drug-likeness (QED) is 0.456. The molecule has 0 radical (unpaired) electrons. The molecule has 0 aliphatic heterocycles. The SMILES string of the molecule is CC(O)Cn1cc(B(O)O)cn1. The summed E-state index contributed by atoms with van der Waals surface area (Å²) >= 11 is 0. The van der Waals surface area contributed by atoms with Gasteiger partial charge in [-0.1, -0.05) is 0 Å². The van der Waals surface area contributed by atoms with Crippen LogP contribution in [0.25, 0.3) is 0 Å². The summed E-state index contributed by atoms with van der Waals surface area (Å²) in [7, 11) is -1.49. The van der Waals surface area contributed by atoms with E-state index in [1.54, 1.807) is 6.92 Å². The van der Waals surface area contributed by atoms with Crippen LogP contribution in [0.5, 0.6) is 0 Å². The molecule has 0 aliphatic carbocycles. The van der Waals surface area contributed by atoms with E-state index in [0.29, 0.717) is 12.0 Å². The predicted octanol–water partition coefficient (Wildman–Crippen LogP) is -2.06. The Morgan fingerprint density at radius 2 is 2.33 bits per heavy atom. The zero-order valence-corrected chi connectivity index (χ0v) is 6.75. The van der Waals surface area contributed by atoms with Crippen molar-refractivity contribution in [2.24, 2.45) is 0 Å². The van der Waals surface area contributed by atoms with Gasteiger partial charge in [-0.2, -0.15) is 5.10 Å². The number of aliphatic hydroxyl groups is 1. The zero-order chi connectivity index (χ0) is 9.14. The van der Waals surface area contributed by atoms with Crippen molar-refractivity contribution >= 4 is 12.6 Å². The molecule has 6 heteroatoms. The first-order valence-electron chi connectivity index (χ1n) is 3.66. The highest BCUT2D eigenvalue weighted by Crippen LogP contribution is 1.88. The molecule has 0 saturated heterocycles. The fraction of sp³-hybridized carbons (Fsp3) is 0.500. The van der Waals surface area contributed by atoms with Gasteiger partial charge >= 0.3 is 7.12 Å². The van der Waals surface area contributed by atoms with Gasteiger partial charge < -0.3 is 15.2 Å². The van der Waals surface area contributed by atoms with Crippen molar-refractivity contribution in [3.05, 3.63) is 12.4 Å². The average molecular weight is 170 g/mol. The largest absolute Gasteiger partial charge is 0.491 e. The minimum atomic E-state index is -1.49. The first kappa shape index (κ1) is 9.24. The molecule has 0 saturated carbocycles. The molecule has 5 nitrogen and oxygen atoms in total. The third-order valence-electron chi connectivity index (χ3n) is 1.40. The summed E-state index contributed by atoms with van der Waals surface area (Å²) in [6.45, 7) is 1.99. The minimum absolute atomic E-state index is 0.329. The second-order valence-electron chi connectivity index (χ2n) is 2.72. The van der Waals surface area contributed by atoms with Crippen molar-refractivity contribution in [2.75, 3.05) is 0 Å². The standard InChI is InChI=1S/C6H11BN2O3/c1-5(10)3-9-4-6(2-8-9)7(11)12/h2,4-5,10-12H,3H2,1H3. The molecule has 0 spiro atoms. The Hall–Kier alpha value is -0.845. The van der Waals surface area contributed by atoms with Crippen LogP contribution in [-0.4, -0.2) is 38.2 Å². The number of nitrogens with zero attached hydrogens (tertiary/aromatic N) is 2. The van der Waals surface area contributed by atoms with Crippen LogP contribution in [0.3, 0.4) is 0 Å². The van der Waals surface area contributed by atoms with E-state index < -0.39 is 13.2 Å². The van der Waals surface area contributed by atoms with E-state index in [1.165, 1.54) is 17.1 Å². The second kappa shape index (κ2) is 3.71. The maximum atomic E-state index is 8.97. The van der Waals surface area contributed by atoms with Gasteiger partial charge in [-0.05, 0) is 6.92 Å². The highest BCUT2D eigenvalue weighted by Gasteiger charge is 2.13. The van der Waals surface area contributed by atoms with E-state index in [9.17, 15) is 0 Å². The fourth-order valence-electron chi connectivity index (χ4n) is 0.883. The third kappa shape index (κ3) is 2.33. The summed E-state index contributed by atoms with van der Waals surface area (Å²) in [4.78, 5) is 0. The first-order valence-corrected chi connectivity index (χ1v) is 3.66. The molecule has 1 heterocycles. The molecule has 1 aromatic rings. The molecule has 1 rings (SSSR count). The molecule has 0 fully saturated rings. The second-order valence-corrected chi connectivity index (χ2v) is 2.72. The van der Waals surface area contributed by atoms with Crippen LogP contribution < -0.4 is 5.46 Å². The molecule has 3 N–H and O–H groups in total. The summed E-state index contributed by atoms with van der Waals surface area (Å²) < 4.78 is 1.46.